The quantitative estimate of drug-likeness (QED) is 0.799. The van der Waals surface area contributed by atoms with E-state index < -0.39 is 11.6 Å². The zero-order chi connectivity index (χ0) is 14.1. The number of fused-ring (bicyclic) bond motifs is 1. The van der Waals surface area contributed by atoms with Gasteiger partial charge in [-0.3, -0.25) is 4.40 Å². The molecular weight excluding hydrogens is 300 g/mol. The van der Waals surface area contributed by atoms with Crippen LogP contribution in [0.5, 0.6) is 0 Å². The van der Waals surface area contributed by atoms with Gasteiger partial charge in [-0.15, -0.1) is 11.3 Å². The number of thiazole rings is 1. The molecule has 0 saturated carbocycles. The van der Waals surface area contributed by atoms with Gasteiger partial charge in [-0.2, -0.15) is 0 Å². The standard InChI is InChI=1S/C13H11F2N3S2/c1-16-7-10-12(17-13-18(10)4-5-19-13)20-11-6-8(14)2-3-9(11)15/h2-6,16H,7H2,1H3. The molecule has 2 aromatic heterocycles. The molecule has 7 heteroatoms. The molecule has 0 amide bonds. The van der Waals surface area contributed by atoms with Crippen LogP contribution in [-0.4, -0.2) is 16.4 Å². The lowest BCUT2D eigenvalue weighted by molar-refractivity contribution is 0.577. The molecule has 0 unspecified atom stereocenters. The van der Waals surface area contributed by atoms with Crippen LogP contribution in [0.4, 0.5) is 8.78 Å². The monoisotopic (exact) mass is 311 g/mol. The Kier molecular flexibility index (Phi) is 3.73. The van der Waals surface area contributed by atoms with Gasteiger partial charge in [0.15, 0.2) is 4.96 Å². The average Bonchev–Trinajstić information content (AvgIpc) is 2.98. The number of aromatic nitrogens is 2. The molecule has 0 fully saturated rings. The second-order valence-electron chi connectivity index (χ2n) is 4.13. The van der Waals surface area contributed by atoms with E-state index in [1.54, 1.807) is 0 Å². The van der Waals surface area contributed by atoms with Crippen LogP contribution in [0.25, 0.3) is 4.96 Å². The lowest BCUT2D eigenvalue weighted by Gasteiger charge is -2.04. The first kappa shape index (κ1) is 13.5. The molecule has 104 valence electrons. The molecular formula is C13H11F2N3S2. The smallest absolute Gasteiger partial charge is 0.194 e. The van der Waals surface area contributed by atoms with Crippen molar-refractivity contribution in [3.8, 4) is 0 Å². The number of nitrogens with one attached hydrogen (secondary N) is 1. The lowest BCUT2D eigenvalue weighted by Crippen LogP contribution is -2.08. The Morgan fingerprint density at radius 1 is 1.40 bits per heavy atom. The van der Waals surface area contributed by atoms with Crippen molar-refractivity contribution in [2.24, 2.45) is 0 Å². The maximum Gasteiger partial charge on any atom is 0.194 e. The van der Waals surface area contributed by atoms with Gasteiger partial charge in [-0.25, -0.2) is 13.8 Å². The molecule has 1 aromatic carbocycles. The Morgan fingerprint density at radius 3 is 3.05 bits per heavy atom. The highest BCUT2D eigenvalue weighted by atomic mass is 32.2. The summed E-state index contributed by atoms with van der Waals surface area (Å²) >= 11 is 2.65. The minimum Gasteiger partial charge on any atom is -0.314 e. The van der Waals surface area contributed by atoms with Gasteiger partial charge in [0.05, 0.1) is 10.6 Å². The van der Waals surface area contributed by atoms with Crippen LogP contribution in [0.3, 0.4) is 0 Å². The molecule has 3 rings (SSSR count). The molecule has 3 aromatic rings. The third-order valence-corrected chi connectivity index (χ3v) is 4.58. The summed E-state index contributed by atoms with van der Waals surface area (Å²) in [7, 11) is 1.84. The molecule has 1 N–H and O–H groups in total. The molecule has 0 aliphatic carbocycles. The lowest BCUT2D eigenvalue weighted by atomic mass is 10.3. The highest BCUT2D eigenvalue weighted by Gasteiger charge is 2.15. The fourth-order valence-electron chi connectivity index (χ4n) is 1.88. The van der Waals surface area contributed by atoms with E-state index >= 15 is 0 Å². The van der Waals surface area contributed by atoms with Crippen molar-refractivity contribution in [1.29, 1.82) is 0 Å². The number of nitrogens with zero attached hydrogens (tertiary/aromatic N) is 2. The Morgan fingerprint density at radius 2 is 2.25 bits per heavy atom. The van der Waals surface area contributed by atoms with Crippen LogP contribution >= 0.6 is 23.1 Å². The Hall–Kier alpha value is -1.44. The van der Waals surface area contributed by atoms with E-state index in [-0.39, 0.29) is 4.90 Å². The fraction of sp³-hybridized carbons (Fsp3) is 0.154. The predicted octanol–water partition coefficient (Wildman–Crippen LogP) is 3.54. The van der Waals surface area contributed by atoms with Crippen LogP contribution < -0.4 is 5.32 Å². The second kappa shape index (κ2) is 5.51. The summed E-state index contributed by atoms with van der Waals surface area (Å²) in [6.45, 7) is 0.608. The number of imidazole rings is 1. The Labute approximate surface area is 122 Å². The van der Waals surface area contributed by atoms with Crippen molar-refractivity contribution in [3.63, 3.8) is 0 Å². The highest BCUT2D eigenvalue weighted by Crippen LogP contribution is 2.33. The van der Waals surface area contributed by atoms with E-state index in [4.69, 9.17) is 0 Å². The molecule has 0 bridgehead atoms. The van der Waals surface area contributed by atoms with Crippen molar-refractivity contribution in [3.05, 3.63) is 47.1 Å². The number of hydrogen-bond acceptors (Lipinski definition) is 4. The highest BCUT2D eigenvalue weighted by molar-refractivity contribution is 7.99. The third kappa shape index (κ3) is 2.44. The van der Waals surface area contributed by atoms with E-state index in [0.717, 1.165) is 34.5 Å². The molecule has 0 aliphatic heterocycles. The molecule has 0 aliphatic rings. The van der Waals surface area contributed by atoms with E-state index in [0.29, 0.717) is 11.6 Å². The molecule has 0 radical (unpaired) electrons. The average molecular weight is 311 g/mol. The maximum atomic E-state index is 13.7. The number of hydrogen-bond donors (Lipinski definition) is 1. The second-order valence-corrected chi connectivity index (χ2v) is 6.03. The van der Waals surface area contributed by atoms with Crippen LogP contribution in [0, 0.1) is 11.6 Å². The normalized spacial score (nSPS) is 11.3. The first-order valence-electron chi connectivity index (χ1n) is 5.91. The summed E-state index contributed by atoms with van der Waals surface area (Å²) in [5, 5.41) is 5.70. The van der Waals surface area contributed by atoms with E-state index in [2.05, 4.69) is 10.3 Å². The SMILES string of the molecule is CNCc1c(Sc2cc(F)ccc2F)nc2sccn12. The van der Waals surface area contributed by atoms with Gasteiger partial charge in [0, 0.05) is 18.1 Å². The van der Waals surface area contributed by atoms with E-state index in [1.165, 1.54) is 17.4 Å². The van der Waals surface area contributed by atoms with E-state index in [9.17, 15) is 8.78 Å². The van der Waals surface area contributed by atoms with Gasteiger partial charge >= 0.3 is 0 Å². The predicted molar refractivity (Wildman–Crippen MR) is 76.3 cm³/mol. The minimum absolute atomic E-state index is 0.244. The molecule has 2 heterocycles. The summed E-state index contributed by atoms with van der Waals surface area (Å²) < 4.78 is 28.9. The zero-order valence-electron chi connectivity index (χ0n) is 10.6. The van der Waals surface area contributed by atoms with Gasteiger partial charge in [0.2, 0.25) is 0 Å². The van der Waals surface area contributed by atoms with Gasteiger partial charge in [0.1, 0.15) is 16.7 Å². The van der Waals surface area contributed by atoms with E-state index in [1.807, 2.05) is 23.0 Å². The first-order chi connectivity index (χ1) is 9.69. The number of halogens is 2. The van der Waals surface area contributed by atoms with Crippen molar-refractivity contribution in [2.75, 3.05) is 7.05 Å². The number of rotatable bonds is 4. The fourth-order valence-corrected chi connectivity index (χ4v) is 3.64. The molecule has 20 heavy (non-hydrogen) atoms. The summed E-state index contributed by atoms with van der Waals surface area (Å²) in [5.41, 5.74) is 0.942. The van der Waals surface area contributed by atoms with Crippen LogP contribution in [0.2, 0.25) is 0 Å². The largest absolute Gasteiger partial charge is 0.314 e. The topological polar surface area (TPSA) is 29.3 Å². The maximum absolute atomic E-state index is 13.7. The Bertz CT molecular complexity index is 751. The van der Waals surface area contributed by atoms with Crippen molar-refractivity contribution in [1.82, 2.24) is 14.7 Å². The van der Waals surface area contributed by atoms with Crippen LogP contribution in [-0.2, 0) is 6.54 Å². The van der Waals surface area contributed by atoms with Crippen LogP contribution in [0.15, 0.2) is 39.7 Å². The van der Waals surface area contributed by atoms with Gasteiger partial charge < -0.3 is 5.32 Å². The van der Waals surface area contributed by atoms with Gasteiger partial charge in [0.25, 0.3) is 0 Å². The van der Waals surface area contributed by atoms with Crippen LogP contribution in [0.1, 0.15) is 5.69 Å². The molecule has 0 atom stereocenters. The van der Waals surface area contributed by atoms with Gasteiger partial charge in [-0.05, 0) is 25.2 Å². The summed E-state index contributed by atoms with van der Waals surface area (Å²) in [4.78, 5) is 5.56. The van der Waals surface area contributed by atoms with Gasteiger partial charge in [-0.1, -0.05) is 11.8 Å². The molecule has 3 nitrogen and oxygen atoms in total. The third-order valence-electron chi connectivity index (χ3n) is 2.77. The first-order valence-corrected chi connectivity index (χ1v) is 7.60. The number of benzene rings is 1. The summed E-state index contributed by atoms with van der Waals surface area (Å²) in [5.74, 6) is -0.895. The van der Waals surface area contributed by atoms with Crippen molar-refractivity contribution < 1.29 is 8.78 Å². The van der Waals surface area contributed by atoms with Crippen molar-refractivity contribution >= 4 is 28.1 Å². The molecule has 0 saturated heterocycles. The van der Waals surface area contributed by atoms with Crippen molar-refractivity contribution in [2.45, 2.75) is 16.5 Å². The zero-order valence-corrected chi connectivity index (χ0v) is 12.2. The molecule has 0 spiro atoms. The summed E-state index contributed by atoms with van der Waals surface area (Å²) in [6, 6.07) is 3.43. The minimum atomic E-state index is -0.454. The Balaban J connectivity index is 2.03. The summed E-state index contributed by atoms with van der Waals surface area (Å²) in [6.07, 6.45) is 1.92.